The third-order valence-corrected chi connectivity index (χ3v) is 5.22. The summed E-state index contributed by atoms with van der Waals surface area (Å²) < 4.78 is 0. The summed E-state index contributed by atoms with van der Waals surface area (Å²) in [5.74, 6) is 0.219. The number of hydrogen-bond donors (Lipinski definition) is 2. The molecule has 1 heterocycles. The lowest BCUT2D eigenvalue weighted by molar-refractivity contribution is -0.119. The molecule has 2 aliphatic rings. The van der Waals surface area contributed by atoms with E-state index in [0.717, 1.165) is 50.8 Å². The Morgan fingerprint density at radius 3 is 2.58 bits per heavy atom. The summed E-state index contributed by atoms with van der Waals surface area (Å²) in [5, 5.41) is 12.5. The van der Waals surface area contributed by atoms with Crippen molar-refractivity contribution >= 4 is 17.5 Å². The molecule has 1 saturated carbocycles. The molecular formula is C19H26N2O3. The van der Waals surface area contributed by atoms with Crippen LogP contribution in [-0.2, 0) is 4.79 Å². The van der Waals surface area contributed by atoms with Gasteiger partial charge in [0.2, 0.25) is 5.91 Å². The maximum absolute atomic E-state index is 12.5. The molecule has 130 valence electrons. The van der Waals surface area contributed by atoms with Crippen LogP contribution in [0.25, 0.3) is 0 Å². The third kappa shape index (κ3) is 3.78. The molecule has 0 bridgehead atoms. The Hall–Kier alpha value is -1.88. The summed E-state index contributed by atoms with van der Waals surface area (Å²) in [5.41, 5.74) is 1.47. The van der Waals surface area contributed by atoms with Crippen molar-refractivity contribution in [2.45, 2.75) is 51.0 Å². The molecule has 0 spiro atoms. The zero-order chi connectivity index (χ0) is 16.9. The van der Waals surface area contributed by atoms with Crippen molar-refractivity contribution in [3.8, 4) is 0 Å². The number of rotatable bonds is 4. The molecule has 1 aliphatic carbocycles. The van der Waals surface area contributed by atoms with E-state index in [1.807, 2.05) is 12.1 Å². The molecule has 0 radical (unpaired) electrons. The summed E-state index contributed by atoms with van der Waals surface area (Å²) >= 11 is 0. The molecule has 5 heteroatoms. The number of aliphatic hydroxyl groups excluding tert-OH is 1. The SMILES string of the molecule is O=C(NC1CCCCC1CO)c1ccc(N2CCCCC2=O)cc1. The molecule has 1 aliphatic heterocycles. The smallest absolute Gasteiger partial charge is 0.251 e. The van der Waals surface area contributed by atoms with Gasteiger partial charge in [-0.05, 0) is 49.9 Å². The van der Waals surface area contributed by atoms with E-state index in [0.29, 0.717) is 12.0 Å². The number of nitrogens with zero attached hydrogens (tertiary/aromatic N) is 1. The first-order chi connectivity index (χ1) is 11.7. The lowest BCUT2D eigenvalue weighted by Crippen LogP contribution is -2.43. The first kappa shape index (κ1) is 17.0. The number of benzene rings is 1. The Morgan fingerprint density at radius 1 is 1.12 bits per heavy atom. The number of carbonyl (C=O) groups is 2. The molecule has 5 nitrogen and oxygen atoms in total. The van der Waals surface area contributed by atoms with E-state index < -0.39 is 0 Å². The molecule has 24 heavy (non-hydrogen) atoms. The van der Waals surface area contributed by atoms with Crippen LogP contribution in [0, 0.1) is 5.92 Å². The van der Waals surface area contributed by atoms with E-state index >= 15 is 0 Å². The highest BCUT2D eigenvalue weighted by Gasteiger charge is 2.26. The topological polar surface area (TPSA) is 69.6 Å². The average molecular weight is 330 g/mol. The first-order valence-corrected chi connectivity index (χ1v) is 9.01. The van der Waals surface area contributed by atoms with Gasteiger partial charge < -0.3 is 15.3 Å². The summed E-state index contributed by atoms with van der Waals surface area (Å²) in [6.07, 6.45) is 6.70. The summed E-state index contributed by atoms with van der Waals surface area (Å²) in [6, 6.07) is 7.32. The lowest BCUT2D eigenvalue weighted by Gasteiger charge is -2.31. The molecule has 1 aromatic rings. The minimum Gasteiger partial charge on any atom is -0.396 e. The summed E-state index contributed by atoms with van der Waals surface area (Å²) in [6.45, 7) is 0.881. The predicted molar refractivity (Wildman–Crippen MR) is 92.9 cm³/mol. The number of nitrogens with one attached hydrogen (secondary N) is 1. The van der Waals surface area contributed by atoms with Crippen LogP contribution >= 0.6 is 0 Å². The zero-order valence-electron chi connectivity index (χ0n) is 14.0. The normalized spacial score (nSPS) is 24.7. The number of hydrogen-bond acceptors (Lipinski definition) is 3. The van der Waals surface area contributed by atoms with Gasteiger partial charge in [-0.3, -0.25) is 9.59 Å². The largest absolute Gasteiger partial charge is 0.396 e. The fourth-order valence-electron chi connectivity index (χ4n) is 3.74. The number of anilines is 1. The van der Waals surface area contributed by atoms with Crippen LogP contribution in [0.5, 0.6) is 0 Å². The second-order valence-corrected chi connectivity index (χ2v) is 6.86. The lowest BCUT2D eigenvalue weighted by atomic mass is 9.85. The molecule has 2 N–H and O–H groups in total. The van der Waals surface area contributed by atoms with Crippen LogP contribution in [-0.4, -0.2) is 36.1 Å². The predicted octanol–water partition coefficient (Wildman–Crippen LogP) is 2.48. The highest BCUT2D eigenvalue weighted by atomic mass is 16.3. The van der Waals surface area contributed by atoms with Crippen molar-refractivity contribution in [2.75, 3.05) is 18.1 Å². The highest BCUT2D eigenvalue weighted by molar-refractivity contribution is 5.97. The van der Waals surface area contributed by atoms with Gasteiger partial charge in [0.05, 0.1) is 0 Å². The van der Waals surface area contributed by atoms with Crippen molar-refractivity contribution < 1.29 is 14.7 Å². The summed E-state index contributed by atoms with van der Waals surface area (Å²) in [4.78, 5) is 26.2. The van der Waals surface area contributed by atoms with E-state index in [1.54, 1.807) is 17.0 Å². The van der Waals surface area contributed by atoms with Crippen LogP contribution in [0.15, 0.2) is 24.3 Å². The monoisotopic (exact) mass is 330 g/mol. The van der Waals surface area contributed by atoms with E-state index in [9.17, 15) is 14.7 Å². The Bertz CT molecular complexity index is 585. The van der Waals surface area contributed by atoms with Gasteiger partial charge in [0.25, 0.3) is 5.91 Å². The first-order valence-electron chi connectivity index (χ1n) is 9.01. The maximum atomic E-state index is 12.5. The van der Waals surface area contributed by atoms with Crippen LogP contribution in [0.3, 0.4) is 0 Å². The third-order valence-electron chi connectivity index (χ3n) is 5.22. The van der Waals surface area contributed by atoms with Crippen molar-refractivity contribution in [1.82, 2.24) is 5.32 Å². The molecule has 2 fully saturated rings. The minimum atomic E-state index is -0.100. The van der Waals surface area contributed by atoms with Gasteiger partial charge in [0.1, 0.15) is 0 Å². The molecule has 1 saturated heterocycles. The molecule has 2 atom stereocenters. The van der Waals surface area contributed by atoms with Crippen LogP contribution in [0.2, 0.25) is 0 Å². The number of aliphatic hydroxyl groups is 1. The van der Waals surface area contributed by atoms with Gasteiger partial charge in [0.15, 0.2) is 0 Å². The van der Waals surface area contributed by atoms with E-state index in [4.69, 9.17) is 0 Å². The van der Waals surface area contributed by atoms with Crippen molar-refractivity contribution in [3.05, 3.63) is 29.8 Å². The van der Waals surface area contributed by atoms with Gasteiger partial charge in [-0.15, -0.1) is 0 Å². The van der Waals surface area contributed by atoms with Crippen LogP contribution in [0.4, 0.5) is 5.69 Å². The summed E-state index contributed by atoms with van der Waals surface area (Å²) in [7, 11) is 0. The van der Waals surface area contributed by atoms with Crippen molar-refractivity contribution in [2.24, 2.45) is 5.92 Å². The van der Waals surface area contributed by atoms with E-state index in [2.05, 4.69) is 5.32 Å². The van der Waals surface area contributed by atoms with Crippen molar-refractivity contribution in [3.63, 3.8) is 0 Å². The van der Waals surface area contributed by atoms with Crippen molar-refractivity contribution in [1.29, 1.82) is 0 Å². The minimum absolute atomic E-state index is 0.0552. The second-order valence-electron chi connectivity index (χ2n) is 6.86. The average Bonchev–Trinajstić information content (AvgIpc) is 2.63. The molecule has 2 amide bonds. The quantitative estimate of drug-likeness (QED) is 0.891. The Balaban J connectivity index is 1.64. The Morgan fingerprint density at radius 2 is 1.88 bits per heavy atom. The molecule has 1 aromatic carbocycles. The standard InChI is InChI=1S/C19H26N2O3/c22-13-15-5-1-2-6-17(15)20-19(24)14-8-10-16(11-9-14)21-12-4-3-7-18(21)23/h8-11,15,17,22H,1-7,12-13H2,(H,20,24). The van der Waals surface area contributed by atoms with E-state index in [-0.39, 0.29) is 30.4 Å². The fourth-order valence-corrected chi connectivity index (χ4v) is 3.74. The Labute approximate surface area is 143 Å². The van der Waals surface area contributed by atoms with Crippen LogP contribution < -0.4 is 10.2 Å². The van der Waals surface area contributed by atoms with E-state index in [1.165, 1.54) is 0 Å². The van der Waals surface area contributed by atoms with Gasteiger partial charge in [0, 0.05) is 42.8 Å². The van der Waals surface area contributed by atoms with Gasteiger partial charge in [-0.1, -0.05) is 12.8 Å². The van der Waals surface area contributed by atoms with Gasteiger partial charge in [-0.2, -0.15) is 0 Å². The maximum Gasteiger partial charge on any atom is 0.251 e. The molecule has 0 aromatic heterocycles. The zero-order valence-corrected chi connectivity index (χ0v) is 14.0. The Kier molecular flexibility index (Phi) is 5.51. The van der Waals surface area contributed by atoms with Gasteiger partial charge in [-0.25, -0.2) is 0 Å². The second kappa shape index (κ2) is 7.79. The number of carbonyl (C=O) groups excluding carboxylic acids is 2. The highest BCUT2D eigenvalue weighted by Crippen LogP contribution is 2.25. The van der Waals surface area contributed by atoms with Crippen LogP contribution in [0.1, 0.15) is 55.3 Å². The molecule has 2 unspecified atom stereocenters. The number of piperidine rings is 1. The molecular weight excluding hydrogens is 304 g/mol. The van der Waals surface area contributed by atoms with Gasteiger partial charge >= 0.3 is 0 Å². The number of amides is 2. The molecule has 3 rings (SSSR count). The fraction of sp³-hybridized carbons (Fsp3) is 0.579.